The van der Waals surface area contributed by atoms with E-state index in [1.165, 1.54) is 5.56 Å². The molecule has 1 heteroatoms. The lowest BCUT2D eigenvalue weighted by molar-refractivity contribution is 0.111. The summed E-state index contributed by atoms with van der Waals surface area (Å²) in [7, 11) is 0. The second-order valence-electron chi connectivity index (χ2n) is 8.85. The normalized spacial score (nSPS) is 13.4. The Morgan fingerprint density at radius 2 is 1.05 bits per heavy atom. The van der Waals surface area contributed by atoms with E-state index < -0.39 is 0 Å². The van der Waals surface area contributed by atoms with Gasteiger partial charge in [-0.25, -0.2) is 0 Å². The van der Waals surface area contributed by atoms with Crippen molar-refractivity contribution in [3.05, 3.63) is 34.4 Å². The van der Waals surface area contributed by atoms with E-state index >= 15 is 0 Å². The van der Waals surface area contributed by atoms with E-state index in [2.05, 4.69) is 74.4 Å². The summed E-state index contributed by atoms with van der Waals surface area (Å²) in [6.45, 7) is 19.7. The van der Waals surface area contributed by atoms with Crippen LogP contribution in [-0.4, -0.2) is 6.29 Å². The van der Waals surface area contributed by atoms with Crippen LogP contribution in [0.25, 0.3) is 0 Å². The quantitative estimate of drug-likeness (QED) is 0.627. The van der Waals surface area contributed by atoms with E-state index in [0.717, 1.165) is 23.0 Å². The predicted molar refractivity (Wildman–Crippen MR) is 87.9 cm³/mol. The summed E-state index contributed by atoms with van der Waals surface area (Å²) in [5.74, 6) is 0. The Hall–Kier alpha value is -1.11. The van der Waals surface area contributed by atoms with Crippen LogP contribution in [-0.2, 0) is 16.2 Å². The zero-order chi connectivity index (χ0) is 15.9. The molecule has 0 unspecified atom stereocenters. The molecule has 112 valence electrons. The molecule has 1 rings (SSSR count). The van der Waals surface area contributed by atoms with Crippen molar-refractivity contribution < 1.29 is 4.79 Å². The maximum atomic E-state index is 11.7. The van der Waals surface area contributed by atoms with Crippen molar-refractivity contribution in [2.75, 3.05) is 0 Å². The molecule has 0 aliphatic rings. The van der Waals surface area contributed by atoms with Crippen LogP contribution in [0.4, 0.5) is 0 Å². The number of rotatable bonds is 1. The average Bonchev–Trinajstić information content (AvgIpc) is 2.23. The van der Waals surface area contributed by atoms with Gasteiger partial charge in [0, 0.05) is 5.56 Å². The van der Waals surface area contributed by atoms with Crippen LogP contribution in [0.5, 0.6) is 0 Å². The van der Waals surface area contributed by atoms with Crippen molar-refractivity contribution in [1.82, 2.24) is 0 Å². The fourth-order valence-electron chi connectivity index (χ4n) is 2.45. The molecule has 0 N–H and O–H groups in total. The Bertz CT molecular complexity index is 467. The van der Waals surface area contributed by atoms with Crippen molar-refractivity contribution in [1.29, 1.82) is 0 Å². The first-order chi connectivity index (χ1) is 8.78. The van der Waals surface area contributed by atoms with Gasteiger partial charge < -0.3 is 0 Å². The molecule has 0 heterocycles. The summed E-state index contributed by atoms with van der Waals surface area (Å²) >= 11 is 0. The minimum absolute atomic E-state index is 0.0303. The molecule has 0 saturated heterocycles. The summed E-state index contributed by atoms with van der Waals surface area (Å²) in [4.78, 5) is 11.7. The van der Waals surface area contributed by atoms with Crippen molar-refractivity contribution in [2.24, 2.45) is 0 Å². The van der Waals surface area contributed by atoms with Gasteiger partial charge in [-0.1, -0.05) is 74.4 Å². The van der Waals surface area contributed by atoms with E-state index in [4.69, 9.17) is 0 Å². The number of hydrogen-bond donors (Lipinski definition) is 0. The molecule has 1 nitrogen and oxygen atoms in total. The number of hydrogen-bond acceptors (Lipinski definition) is 1. The Morgan fingerprint density at radius 1 is 0.700 bits per heavy atom. The van der Waals surface area contributed by atoms with Crippen LogP contribution in [0.2, 0.25) is 0 Å². The maximum Gasteiger partial charge on any atom is 0.150 e. The van der Waals surface area contributed by atoms with Gasteiger partial charge in [-0.05, 0) is 32.9 Å². The number of aldehydes is 1. The predicted octanol–water partition coefficient (Wildman–Crippen LogP) is 5.39. The third kappa shape index (κ3) is 3.50. The van der Waals surface area contributed by atoms with Gasteiger partial charge in [-0.2, -0.15) is 0 Å². The Morgan fingerprint density at radius 3 is 1.25 bits per heavy atom. The first-order valence-electron chi connectivity index (χ1n) is 7.43. The number of carbonyl (C=O) groups excluding carboxylic acids is 1. The SMILES string of the molecule is CC(C)(C)c1cc(C(C)(C)C)c(C=O)c(C(C)(C)C)c1. The molecule has 1 aromatic rings. The highest BCUT2D eigenvalue weighted by Crippen LogP contribution is 2.37. The van der Waals surface area contributed by atoms with E-state index in [9.17, 15) is 4.79 Å². The monoisotopic (exact) mass is 274 g/mol. The zero-order valence-corrected chi connectivity index (χ0v) is 14.6. The van der Waals surface area contributed by atoms with Gasteiger partial charge >= 0.3 is 0 Å². The molecule has 0 bridgehead atoms. The molecule has 1 aromatic carbocycles. The highest BCUT2D eigenvalue weighted by atomic mass is 16.1. The Labute approximate surface area is 124 Å². The Balaban J connectivity index is 3.80. The lowest BCUT2D eigenvalue weighted by Gasteiger charge is -2.32. The summed E-state index contributed by atoms with van der Waals surface area (Å²) in [5.41, 5.74) is 4.52. The largest absolute Gasteiger partial charge is 0.298 e. The van der Waals surface area contributed by atoms with Crippen molar-refractivity contribution in [3.63, 3.8) is 0 Å². The molecule has 0 aliphatic heterocycles. The van der Waals surface area contributed by atoms with Crippen molar-refractivity contribution in [2.45, 2.75) is 78.6 Å². The summed E-state index contributed by atoms with van der Waals surface area (Å²) < 4.78 is 0. The number of benzene rings is 1. The summed E-state index contributed by atoms with van der Waals surface area (Å²) in [6.07, 6.45) is 1.04. The minimum atomic E-state index is -0.0303. The van der Waals surface area contributed by atoms with Crippen molar-refractivity contribution in [3.8, 4) is 0 Å². The lowest BCUT2D eigenvalue weighted by atomic mass is 9.72. The second kappa shape index (κ2) is 5.02. The first-order valence-corrected chi connectivity index (χ1v) is 7.43. The molecular weight excluding hydrogens is 244 g/mol. The third-order valence-corrected chi connectivity index (χ3v) is 3.78. The molecule has 0 aromatic heterocycles. The minimum Gasteiger partial charge on any atom is -0.298 e. The van der Waals surface area contributed by atoms with E-state index in [0.29, 0.717) is 0 Å². The molecule has 0 spiro atoms. The van der Waals surface area contributed by atoms with Gasteiger partial charge in [0.1, 0.15) is 0 Å². The van der Waals surface area contributed by atoms with Crippen LogP contribution in [0.1, 0.15) is 89.4 Å². The molecular formula is C19H30O. The first kappa shape index (κ1) is 16.9. The van der Waals surface area contributed by atoms with Crippen LogP contribution in [0.3, 0.4) is 0 Å². The lowest BCUT2D eigenvalue weighted by Crippen LogP contribution is -2.24. The fraction of sp³-hybridized carbons (Fsp3) is 0.632. The van der Waals surface area contributed by atoms with Gasteiger partial charge in [-0.3, -0.25) is 4.79 Å². The van der Waals surface area contributed by atoms with Gasteiger partial charge in [0.2, 0.25) is 0 Å². The standard InChI is InChI=1S/C19H30O/c1-17(2,3)13-10-15(18(4,5)6)14(12-20)16(11-13)19(7,8)9/h10-12H,1-9H3. The Kier molecular flexibility index (Phi) is 4.25. The smallest absolute Gasteiger partial charge is 0.150 e. The zero-order valence-electron chi connectivity index (χ0n) is 14.6. The molecule has 0 atom stereocenters. The molecule has 20 heavy (non-hydrogen) atoms. The van der Waals surface area contributed by atoms with Gasteiger partial charge in [-0.15, -0.1) is 0 Å². The number of carbonyl (C=O) groups is 1. The fourth-order valence-corrected chi connectivity index (χ4v) is 2.45. The topological polar surface area (TPSA) is 17.1 Å². The molecule has 0 aliphatic carbocycles. The van der Waals surface area contributed by atoms with E-state index in [-0.39, 0.29) is 16.2 Å². The molecule has 0 radical (unpaired) electrons. The van der Waals surface area contributed by atoms with Gasteiger partial charge in [0.25, 0.3) is 0 Å². The van der Waals surface area contributed by atoms with E-state index in [1.807, 2.05) is 0 Å². The molecule has 0 amide bonds. The molecule has 0 fully saturated rings. The van der Waals surface area contributed by atoms with Crippen LogP contribution >= 0.6 is 0 Å². The van der Waals surface area contributed by atoms with Gasteiger partial charge in [0.15, 0.2) is 6.29 Å². The second-order valence-corrected chi connectivity index (χ2v) is 8.85. The highest BCUT2D eigenvalue weighted by Gasteiger charge is 2.28. The summed E-state index contributed by atoms with van der Waals surface area (Å²) in [5, 5.41) is 0. The van der Waals surface area contributed by atoms with Crippen LogP contribution in [0.15, 0.2) is 12.1 Å². The third-order valence-electron chi connectivity index (χ3n) is 3.78. The van der Waals surface area contributed by atoms with Crippen molar-refractivity contribution >= 4 is 6.29 Å². The van der Waals surface area contributed by atoms with Crippen LogP contribution < -0.4 is 0 Å². The highest BCUT2D eigenvalue weighted by molar-refractivity contribution is 5.81. The summed E-state index contributed by atoms with van der Waals surface area (Å²) in [6, 6.07) is 4.44. The molecule has 0 saturated carbocycles. The maximum absolute atomic E-state index is 11.7. The van der Waals surface area contributed by atoms with E-state index in [1.54, 1.807) is 0 Å². The average molecular weight is 274 g/mol. The van der Waals surface area contributed by atoms with Crippen LogP contribution in [0, 0.1) is 0 Å². The van der Waals surface area contributed by atoms with Gasteiger partial charge in [0.05, 0.1) is 0 Å².